The molecule has 0 bridgehead atoms. The van der Waals surface area contributed by atoms with Gasteiger partial charge in [0.25, 0.3) is 0 Å². The maximum Gasteiger partial charge on any atom is 0.125 e. The highest BCUT2D eigenvalue weighted by Crippen LogP contribution is 2.43. The Hall–Kier alpha value is -2.86. The van der Waals surface area contributed by atoms with Crippen molar-refractivity contribution in [3.05, 3.63) is 65.1 Å². The Morgan fingerprint density at radius 2 is 1.92 bits per heavy atom. The van der Waals surface area contributed by atoms with E-state index >= 15 is 0 Å². The fraction of sp³-hybridized carbons (Fsp3) is 0.211. The van der Waals surface area contributed by atoms with E-state index in [0.717, 1.165) is 27.9 Å². The van der Waals surface area contributed by atoms with Crippen LogP contribution in [0.3, 0.4) is 0 Å². The van der Waals surface area contributed by atoms with Gasteiger partial charge in [0.2, 0.25) is 0 Å². The number of aryl methyl sites for hydroxylation is 1. The molecule has 3 aromatic rings. The standard InChI is InChI=1S/C19H18FN3O2/c1-10-6-14-13(7-18(25)22-16(14)8-17(10)24)15-9-21-23-19(15)11-2-4-12(20)5-3-11/h2-6,8-9,13,18,22,24-25H,7H2,1H3,(H,21,23). The summed E-state index contributed by atoms with van der Waals surface area (Å²) in [6.45, 7) is 1.84. The van der Waals surface area contributed by atoms with E-state index in [1.807, 2.05) is 13.0 Å². The van der Waals surface area contributed by atoms with Gasteiger partial charge in [-0.05, 0) is 48.4 Å². The molecule has 2 unspecified atom stereocenters. The van der Waals surface area contributed by atoms with Crippen LogP contribution in [0.2, 0.25) is 0 Å². The summed E-state index contributed by atoms with van der Waals surface area (Å²) in [6, 6.07) is 9.79. The Kier molecular flexibility index (Phi) is 3.69. The van der Waals surface area contributed by atoms with Gasteiger partial charge in [0.15, 0.2) is 0 Å². The van der Waals surface area contributed by atoms with Crippen LogP contribution in [0.5, 0.6) is 5.75 Å². The van der Waals surface area contributed by atoms with Crippen LogP contribution in [0.25, 0.3) is 11.3 Å². The summed E-state index contributed by atoms with van der Waals surface area (Å²) >= 11 is 0. The zero-order chi connectivity index (χ0) is 17.6. The molecule has 25 heavy (non-hydrogen) atoms. The molecule has 4 rings (SSSR count). The molecule has 2 heterocycles. The number of anilines is 1. The first-order valence-corrected chi connectivity index (χ1v) is 8.10. The van der Waals surface area contributed by atoms with E-state index in [1.165, 1.54) is 12.1 Å². The van der Waals surface area contributed by atoms with Crippen molar-refractivity contribution in [2.24, 2.45) is 0 Å². The number of rotatable bonds is 2. The minimum atomic E-state index is -0.726. The number of hydrogen-bond donors (Lipinski definition) is 4. The number of nitrogens with zero attached hydrogens (tertiary/aromatic N) is 1. The number of aliphatic hydroxyl groups excluding tert-OH is 1. The van der Waals surface area contributed by atoms with Crippen LogP contribution in [-0.2, 0) is 0 Å². The second kappa shape index (κ2) is 5.89. The van der Waals surface area contributed by atoms with Crippen LogP contribution in [0.4, 0.5) is 10.1 Å². The first kappa shape index (κ1) is 15.7. The summed E-state index contributed by atoms with van der Waals surface area (Å²) in [5.41, 5.74) is 5.03. The molecular formula is C19H18FN3O2. The average molecular weight is 339 g/mol. The number of H-pyrrole nitrogens is 1. The number of aromatic amines is 1. The van der Waals surface area contributed by atoms with E-state index in [9.17, 15) is 14.6 Å². The molecule has 1 aliphatic heterocycles. The molecule has 0 amide bonds. The first-order chi connectivity index (χ1) is 12.0. The van der Waals surface area contributed by atoms with Crippen molar-refractivity contribution < 1.29 is 14.6 Å². The topological polar surface area (TPSA) is 81.2 Å². The number of aliphatic hydroxyl groups is 1. The summed E-state index contributed by atoms with van der Waals surface area (Å²) in [6.07, 6.45) is 1.49. The molecule has 2 aromatic carbocycles. The van der Waals surface area contributed by atoms with E-state index in [4.69, 9.17) is 0 Å². The number of aromatic nitrogens is 2. The van der Waals surface area contributed by atoms with Gasteiger partial charge in [-0.25, -0.2) is 4.39 Å². The van der Waals surface area contributed by atoms with Gasteiger partial charge in [-0.1, -0.05) is 0 Å². The molecule has 6 heteroatoms. The lowest BCUT2D eigenvalue weighted by Crippen LogP contribution is -2.28. The van der Waals surface area contributed by atoms with Crippen molar-refractivity contribution in [3.63, 3.8) is 0 Å². The molecule has 0 saturated heterocycles. The van der Waals surface area contributed by atoms with Crippen LogP contribution >= 0.6 is 0 Å². The number of phenols is 1. The Labute approximate surface area is 144 Å². The van der Waals surface area contributed by atoms with Crippen LogP contribution in [-0.4, -0.2) is 26.6 Å². The van der Waals surface area contributed by atoms with E-state index in [-0.39, 0.29) is 17.5 Å². The van der Waals surface area contributed by atoms with Crippen molar-refractivity contribution in [1.29, 1.82) is 0 Å². The largest absolute Gasteiger partial charge is 0.508 e. The summed E-state index contributed by atoms with van der Waals surface area (Å²) in [5, 5.41) is 30.3. The van der Waals surface area contributed by atoms with Crippen molar-refractivity contribution in [2.45, 2.75) is 25.5 Å². The molecule has 5 nitrogen and oxygen atoms in total. The highest BCUT2D eigenvalue weighted by molar-refractivity contribution is 5.68. The number of phenolic OH excluding ortho intramolecular Hbond substituents is 1. The predicted octanol–water partition coefficient (Wildman–Crippen LogP) is 3.50. The van der Waals surface area contributed by atoms with Gasteiger partial charge < -0.3 is 15.5 Å². The van der Waals surface area contributed by atoms with Gasteiger partial charge in [-0.3, -0.25) is 5.10 Å². The number of benzene rings is 2. The summed E-state index contributed by atoms with van der Waals surface area (Å²) < 4.78 is 13.2. The zero-order valence-corrected chi connectivity index (χ0v) is 13.6. The zero-order valence-electron chi connectivity index (χ0n) is 13.6. The molecule has 0 radical (unpaired) electrons. The molecule has 2 atom stereocenters. The van der Waals surface area contributed by atoms with Crippen molar-refractivity contribution in [1.82, 2.24) is 10.2 Å². The van der Waals surface area contributed by atoms with Crippen LogP contribution in [0, 0.1) is 12.7 Å². The smallest absolute Gasteiger partial charge is 0.125 e. The lowest BCUT2D eigenvalue weighted by molar-refractivity contribution is 0.182. The van der Waals surface area contributed by atoms with Crippen molar-refractivity contribution in [3.8, 4) is 17.0 Å². The number of aromatic hydroxyl groups is 1. The van der Waals surface area contributed by atoms with Crippen LogP contribution in [0.15, 0.2) is 42.6 Å². The summed E-state index contributed by atoms with van der Waals surface area (Å²) in [4.78, 5) is 0. The number of fused-ring (bicyclic) bond motifs is 1. The Morgan fingerprint density at radius 1 is 1.16 bits per heavy atom. The molecular weight excluding hydrogens is 321 g/mol. The van der Waals surface area contributed by atoms with Gasteiger partial charge in [-0.2, -0.15) is 5.10 Å². The Morgan fingerprint density at radius 3 is 2.68 bits per heavy atom. The molecule has 0 aliphatic carbocycles. The molecule has 1 aromatic heterocycles. The van der Waals surface area contributed by atoms with E-state index in [1.54, 1.807) is 24.4 Å². The lowest BCUT2D eigenvalue weighted by atomic mass is 9.83. The molecule has 0 fully saturated rings. The van der Waals surface area contributed by atoms with E-state index in [2.05, 4.69) is 15.5 Å². The van der Waals surface area contributed by atoms with Crippen molar-refractivity contribution in [2.75, 3.05) is 5.32 Å². The maximum absolute atomic E-state index is 13.2. The second-order valence-corrected chi connectivity index (χ2v) is 6.38. The normalized spacial score (nSPS) is 19.3. The SMILES string of the molecule is Cc1cc2c(cc1O)NC(O)CC2c1cn[nH]c1-c1ccc(F)cc1. The van der Waals surface area contributed by atoms with Gasteiger partial charge in [0.1, 0.15) is 17.8 Å². The van der Waals surface area contributed by atoms with E-state index < -0.39 is 6.23 Å². The monoisotopic (exact) mass is 339 g/mol. The van der Waals surface area contributed by atoms with Gasteiger partial charge in [0, 0.05) is 35.2 Å². The number of nitrogens with one attached hydrogen (secondary N) is 2. The van der Waals surface area contributed by atoms with Gasteiger partial charge in [-0.15, -0.1) is 0 Å². The molecule has 128 valence electrons. The third-order valence-corrected chi connectivity index (χ3v) is 4.70. The van der Waals surface area contributed by atoms with Gasteiger partial charge >= 0.3 is 0 Å². The summed E-state index contributed by atoms with van der Waals surface area (Å²) in [7, 11) is 0. The minimum absolute atomic E-state index is 0.0932. The average Bonchev–Trinajstić information content (AvgIpc) is 3.06. The van der Waals surface area contributed by atoms with Crippen LogP contribution < -0.4 is 5.32 Å². The molecule has 0 spiro atoms. The Balaban J connectivity index is 1.83. The second-order valence-electron chi connectivity index (χ2n) is 6.38. The third-order valence-electron chi connectivity index (χ3n) is 4.70. The van der Waals surface area contributed by atoms with Gasteiger partial charge in [0.05, 0.1) is 11.9 Å². The highest BCUT2D eigenvalue weighted by atomic mass is 19.1. The minimum Gasteiger partial charge on any atom is -0.508 e. The fourth-order valence-corrected chi connectivity index (χ4v) is 3.42. The highest BCUT2D eigenvalue weighted by Gasteiger charge is 2.30. The molecule has 1 aliphatic rings. The van der Waals surface area contributed by atoms with Crippen LogP contribution in [0.1, 0.15) is 29.0 Å². The predicted molar refractivity (Wildman–Crippen MR) is 92.9 cm³/mol. The number of hydrogen-bond acceptors (Lipinski definition) is 4. The van der Waals surface area contributed by atoms with Crippen molar-refractivity contribution >= 4 is 5.69 Å². The first-order valence-electron chi connectivity index (χ1n) is 8.10. The third kappa shape index (κ3) is 2.74. The molecule has 4 N–H and O–H groups in total. The number of halogens is 1. The lowest BCUT2D eigenvalue weighted by Gasteiger charge is -2.31. The summed E-state index contributed by atoms with van der Waals surface area (Å²) in [5.74, 6) is -0.201. The quantitative estimate of drug-likeness (QED) is 0.576. The Bertz CT molecular complexity index is 921. The van der Waals surface area contributed by atoms with E-state index in [0.29, 0.717) is 12.1 Å². The molecule has 0 saturated carbocycles. The fourth-order valence-electron chi connectivity index (χ4n) is 3.42. The maximum atomic E-state index is 13.2.